The van der Waals surface area contributed by atoms with E-state index in [-0.39, 0.29) is 12.5 Å². The quantitative estimate of drug-likeness (QED) is 0.161. The summed E-state index contributed by atoms with van der Waals surface area (Å²) in [5.41, 5.74) is 1.77. The predicted molar refractivity (Wildman–Crippen MR) is 155 cm³/mol. The number of aliphatic hydroxyl groups excluding tert-OH is 1. The molecular formula is C29H29ClN6O4. The van der Waals surface area contributed by atoms with E-state index in [9.17, 15) is 9.90 Å². The van der Waals surface area contributed by atoms with Gasteiger partial charge < -0.3 is 25.2 Å². The first-order valence-electron chi connectivity index (χ1n) is 12.5. The largest absolute Gasteiger partial charge is 0.493 e. The zero-order valence-corrected chi connectivity index (χ0v) is 22.7. The Bertz CT molecular complexity index is 1490. The molecule has 0 atom stereocenters. The number of anilines is 3. The Hall–Kier alpha value is -4.43. The first-order chi connectivity index (χ1) is 19.5. The van der Waals surface area contributed by atoms with Crippen molar-refractivity contribution in [3.8, 4) is 23.8 Å². The number of fused-ring (bicyclic) bond motifs is 1. The van der Waals surface area contributed by atoms with Crippen LogP contribution in [0, 0.1) is 12.3 Å². The first kappa shape index (κ1) is 28.6. The summed E-state index contributed by atoms with van der Waals surface area (Å²) < 4.78 is 11.6. The molecule has 4 aromatic rings. The number of hydrogen-bond acceptors (Lipinski definition) is 9. The highest BCUT2D eigenvalue weighted by molar-refractivity contribution is 6.31. The third-order valence-electron chi connectivity index (χ3n) is 5.88. The summed E-state index contributed by atoms with van der Waals surface area (Å²) in [6.07, 6.45) is 9.17. The van der Waals surface area contributed by atoms with E-state index in [1.54, 1.807) is 55.8 Å². The van der Waals surface area contributed by atoms with E-state index in [1.165, 1.54) is 6.33 Å². The Labute approximate surface area is 237 Å². The van der Waals surface area contributed by atoms with Gasteiger partial charge in [-0.2, -0.15) is 0 Å². The number of terminal acetylenes is 1. The average molecular weight is 561 g/mol. The number of benzene rings is 2. The summed E-state index contributed by atoms with van der Waals surface area (Å²) >= 11 is 5.97. The van der Waals surface area contributed by atoms with Crippen LogP contribution in [0.25, 0.3) is 10.9 Å². The van der Waals surface area contributed by atoms with Gasteiger partial charge in [-0.25, -0.2) is 15.0 Å². The molecule has 0 saturated carbocycles. The van der Waals surface area contributed by atoms with Crippen molar-refractivity contribution in [1.29, 1.82) is 0 Å². The molecule has 4 rings (SSSR count). The van der Waals surface area contributed by atoms with Gasteiger partial charge in [-0.1, -0.05) is 23.6 Å². The van der Waals surface area contributed by atoms with Crippen molar-refractivity contribution in [3.63, 3.8) is 0 Å². The van der Waals surface area contributed by atoms with Crippen molar-refractivity contribution < 1.29 is 19.4 Å². The minimum atomic E-state index is -0.308. The Kier molecular flexibility index (Phi) is 10.1. The molecule has 1 amide bonds. The summed E-state index contributed by atoms with van der Waals surface area (Å²) in [5.74, 6) is 4.34. The number of aliphatic hydroxyl groups is 1. The lowest BCUT2D eigenvalue weighted by Gasteiger charge is -2.18. The molecule has 0 spiro atoms. The van der Waals surface area contributed by atoms with E-state index in [0.717, 1.165) is 11.8 Å². The van der Waals surface area contributed by atoms with Gasteiger partial charge in [-0.15, -0.1) is 6.42 Å². The molecule has 0 unspecified atom stereocenters. The summed E-state index contributed by atoms with van der Waals surface area (Å²) in [6, 6.07) is 13.8. The zero-order valence-electron chi connectivity index (χ0n) is 21.9. The van der Waals surface area contributed by atoms with Crippen molar-refractivity contribution in [2.24, 2.45) is 0 Å². The molecule has 0 radical (unpaired) electrons. The normalized spacial score (nSPS) is 10.8. The van der Waals surface area contributed by atoms with Gasteiger partial charge in [0.25, 0.3) is 5.91 Å². The van der Waals surface area contributed by atoms with Crippen LogP contribution in [0.1, 0.15) is 16.8 Å². The van der Waals surface area contributed by atoms with Crippen molar-refractivity contribution in [2.45, 2.75) is 6.42 Å². The van der Waals surface area contributed by atoms with Crippen LogP contribution in [0.4, 0.5) is 17.3 Å². The van der Waals surface area contributed by atoms with E-state index < -0.39 is 0 Å². The minimum Gasteiger partial charge on any atom is -0.493 e. The first-order valence-corrected chi connectivity index (χ1v) is 12.9. The van der Waals surface area contributed by atoms with Crippen LogP contribution in [0.15, 0.2) is 61.1 Å². The summed E-state index contributed by atoms with van der Waals surface area (Å²) in [6.45, 7) is 2.19. The molecule has 2 aromatic carbocycles. The second kappa shape index (κ2) is 14.1. The van der Waals surface area contributed by atoms with Gasteiger partial charge in [0.15, 0.2) is 11.5 Å². The minimum absolute atomic E-state index is 0.0534. The molecular weight excluding hydrogens is 532 g/mol. The van der Waals surface area contributed by atoms with Crippen molar-refractivity contribution >= 4 is 45.7 Å². The monoisotopic (exact) mass is 560 g/mol. The smallest absolute Gasteiger partial charge is 0.256 e. The maximum absolute atomic E-state index is 12.5. The van der Waals surface area contributed by atoms with Crippen LogP contribution in [0.5, 0.6) is 11.5 Å². The lowest BCUT2D eigenvalue weighted by atomic mass is 10.2. The molecule has 40 heavy (non-hydrogen) atoms. The fraction of sp³-hybridized carbons (Fsp3) is 0.241. The Morgan fingerprint density at radius 1 is 1.12 bits per heavy atom. The zero-order chi connectivity index (χ0) is 28.3. The van der Waals surface area contributed by atoms with Gasteiger partial charge >= 0.3 is 0 Å². The number of aromatic nitrogens is 3. The number of nitrogens with one attached hydrogen (secondary N) is 2. The highest BCUT2D eigenvalue weighted by Crippen LogP contribution is 2.34. The Morgan fingerprint density at radius 3 is 2.73 bits per heavy atom. The fourth-order valence-electron chi connectivity index (χ4n) is 3.94. The van der Waals surface area contributed by atoms with Crippen LogP contribution in [-0.2, 0) is 0 Å². The van der Waals surface area contributed by atoms with Crippen molar-refractivity contribution in [3.05, 3.63) is 71.6 Å². The van der Waals surface area contributed by atoms with E-state index in [2.05, 4.69) is 31.5 Å². The van der Waals surface area contributed by atoms with Crippen LogP contribution in [-0.4, -0.2) is 70.8 Å². The SMILES string of the molecule is C#CCN(CCO)CCCOc1cc2ncnc(Nc3ccc(NC(=O)c4cccc(Cl)c4)nc3)c2cc1OC. The Morgan fingerprint density at radius 2 is 2.00 bits per heavy atom. The lowest BCUT2D eigenvalue weighted by molar-refractivity contribution is 0.102. The molecule has 206 valence electrons. The molecule has 3 N–H and O–H groups in total. The van der Waals surface area contributed by atoms with Crippen LogP contribution in [0.2, 0.25) is 5.02 Å². The van der Waals surface area contributed by atoms with Crippen molar-refractivity contribution in [2.75, 3.05) is 50.6 Å². The highest BCUT2D eigenvalue weighted by Gasteiger charge is 2.13. The number of hydrogen-bond donors (Lipinski definition) is 3. The number of amides is 1. The maximum Gasteiger partial charge on any atom is 0.256 e. The molecule has 2 aromatic heterocycles. The number of carbonyl (C=O) groups is 1. The standard InChI is InChI=1S/C29H29ClN6O4/c1-3-10-36(12-13-37)11-5-14-40-26-17-24-23(16-25(26)39-2)28(33-19-32-24)34-22-8-9-27(31-18-22)35-29(38)20-6-4-7-21(30)15-20/h1,4,6-9,15-19,37H,5,10-14H2,2H3,(H,31,35,38)(H,32,33,34). The lowest BCUT2D eigenvalue weighted by Crippen LogP contribution is -2.29. The number of halogens is 1. The molecule has 0 fully saturated rings. The predicted octanol–water partition coefficient (Wildman–Crippen LogP) is 4.38. The molecule has 0 aliphatic carbocycles. The van der Waals surface area contributed by atoms with Crippen molar-refractivity contribution in [1.82, 2.24) is 19.9 Å². The number of nitrogens with zero attached hydrogens (tertiary/aromatic N) is 4. The molecule has 10 nitrogen and oxygen atoms in total. The van der Waals surface area contributed by atoms with Gasteiger partial charge in [0, 0.05) is 35.1 Å². The fourth-order valence-corrected chi connectivity index (χ4v) is 4.13. The molecule has 0 bridgehead atoms. The number of pyridine rings is 1. The molecule has 11 heteroatoms. The van der Waals surface area contributed by atoms with Gasteiger partial charge in [-0.3, -0.25) is 9.69 Å². The van der Waals surface area contributed by atoms with Gasteiger partial charge in [-0.05, 0) is 42.8 Å². The third-order valence-corrected chi connectivity index (χ3v) is 6.12. The van der Waals surface area contributed by atoms with Gasteiger partial charge in [0.2, 0.25) is 0 Å². The number of rotatable bonds is 13. The van der Waals surface area contributed by atoms with E-state index in [1.807, 2.05) is 11.0 Å². The second-order valence-electron chi connectivity index (χ2n) is 8.67. The maximum atomic E-state index is 12.5. The van der Waals surface area contributed by atoms with Gasteiger partial charge in [0.05, 0.1) is 44.3 Å². The van der Waals surface area contributed by atoms with Gasteiger partial charge in [0.1, 0.15) is 18.0 Å². The summed E-state index contributed by atoms with van der Waals surface area (Å²) in [5, 5.41) is 16.4. The van der Waals surface area contributed by atoms with E-state index >= 15 is 0 Å². The second-order valence-corrected chi connectivity index (χ2v) is 9.11. The molecule has 0 saturated heterocycles. The van der Waals surface area contributed by atoms with E-state index in [4.69, 9.17) is 27.5 Å². The molecule has 0 aliphatic rings. The number of ether oxygens (including phenoxy) is 2. The summed E-state index contributed by atoms with van der Waals surface area (Å²) in [4.78, 5) is 27.5. The molecule has 2 heterocycles. The van der Waals surface area contributed by atoms with Crippen LogP contribution < -0.4 is 20.1 Å². The molecule has 0 aliphatic heterocycles. The number of methoxy groups -OCH3 is 1. The number of carbonyl (C=O) groups excluding carboxylic acids is 1. The summed E-state index contributed by atoms with van der Waals surface area (Å²) in [7, 11) is 1.57. The van der Waals surface area contributed by atoms with E-state index in [0.29, 0.717) is 71.2 Å². The Balaban J connectivity index is 1.42. The topological polar surface area (TPSA) is 122 Å². The average Bonchev–Trinajstić information content (AvgIpc) is 2.96. The highest BCUT2D eigenvalue weighted by atomic mass is 35.5. The van der Waals surface area contributed by atoms with Crippen LogP contribution >= 0.6 is 11.6 Å². The third kappa shape index (κ3) is 7.57. The van der Waals surface area contributed by atoms with Crippen LogP contribution in [0.3, 0.4) is 0 Å².